The fourth-order valence-corrected chi connectivity index (χ4v) is 9.49. The number of carbonyl (C=O) groups is 3. The minimum atomic E-state index is -0.782. The van der Waals surface area contributed by atoms with Crippen LogP contribution in [0, 0.1) is 0 Å². The summed E-state index contributed by atoms with van der Waals surface area (Å²) in [5.74, 6) is 4.41. The second-order valence-corrected chi connectivity index (χ2v) is 19.8. The summed E-state index contributed by atoms with van der Waals surface area (Å²) in [5, 5.41) is 0. The lowest BCUT2D eigenvalue weighted by atomic mass is 10.1. The van der Waals surface area contributed by atoms with E-state index in [1.807, 2.05) is 0 Å². The van der Waals surface area contributed by atoms with Crippen LogP contribution in [0.1, 0.15) is 233 Å². The molecule has 0 saturated carbocycles. The quantitative estimate of drug-likeness (QED) is 0.0338. The van der Waals surface area contributed by atoms with E-state index in [1.54, 1.807) is 35.3 Å². The molecule has 0 rings (SSSR count). The zero-order valence-corrected chi connectivity index (χ0v) is 40.2. The summed E-state index contributed by atoms with van der Waals surface area (Å²) in [6.07, 6.45) is 39.9. The summed E-state index contributed by atoms with van der Waals surface area (Å²) in [5.41, 5.74) is 0. The molecule has 0 aromatic carbocycles. The van der Waals surface area contributed by atoms with E-state index in [1.165, 1.54) is 193 Å². The predicted octanol–water partition coefficient (Wildman–Crippen LogP) is 15.1. The smallest absolute Gasteiger partial charge is 0.307 e. The molecule has 0 aromatic heterocycles. The molecule has 0 radical (unpaired) electrons. The first kappa shape index (κ1) is 56.5. The Labute approximate surface area is 366 Å². The zero-order chi connectivity index (χ0) is 41.5. The van der Waals surface area contributed by atoms with Crippen LogP contribution in [0.4, 0.5) is 0 Å². The number of esters is 3. The molecule has 0 bridgehead atoms. The number of unbranched alkanes of at least 4 members (excludes halogenated alkanes) is 27. The minimum Gasteiger partial charge on any atom is -0.462 e. The third-order valence-corrected chi connectivity index (χ3v) is 13.6. The number of ether oxygens (including phenoxy) is 3. The van der Waals surface area contributed by atoms with E-state index in [-0.39, 0.29) is 31.1 Å². The van der Waals surface area contributed by atoms with Gasteiger partial charge in [-0.1, -0.05) is 194 Å². The van der Waals surface area contributed by atoms with E-state index in [4.69, 9.17) is 14.2 Å². The second kappa shape index (κ2) is 48.1. The Bertz CT molecular complexity index is 814. The second-order valence-electron chi connectivity index (χ2n) is 16.1. The van der Waals surface area contributed by atoms with Gasteiger partial charge in [0.05, 0.1) is 19.3 Å². The molecule has 0 atom stereocenters. The van der Waals surface area contributed by atoms with Crippen LogP contribution in [-0.4, -0.2) is 71.7 Å². The number of hydrogen-bond donors (Lipinski definition) is 0. The van der Waals surface area contributed by atoms with Gasteiger partial charge < -0.3 is 14.2 Å². The fourth-order valence-electron chi connectivity index (χ4n) is 6.72. The van der Waals surface area contributed by atoms with Crippen LogP contribution in [-0.2, 0) is 28.6 Å². The molecule has 338 valence electrons. The van der Waals surface area contributed by atoms with Crippen molar-refractivity contribution in [2.24, 2.45) is 0 Å². The van der Waals surface area contributed by atoms with Crippen molar-refractivity contribution in [3.8, 4) is 0 Å². The van der Waals surface area contributed by atoms with E-state index in [0.29, 0.717) is 25.0 Å². The van der Waals surface area contributed by atoms with E-state index >= 15 is 0 Å². The van der Waals surface area contributed by atoms with Gasteiger partial charge in [0.15, 0.2) is 6.10 Å². The number of rotatable bonds is 47. The van der Waals surface area contributed by atoms with Gasteiger partial charge in [-0.3, -0.25) is 14.4 Å². The first-order valence-electron chi connectivity index (χ1n) is 24.3. The van der Waals surface area contributed by atoms with Crippen molar-refractivity contribution in [1.29, 1.82) is 0 Å². The van der Waals surface area contributed by atoms with Gasteiger partial charge in [0.25, 0.3) is 0 Å². The van der Waals surface area contributed by atoms with Gasteiger partial charge in [-0.05, 0) is 36.5 Å². The van der Waals surface area contributed by atoms with Gasteiger partial charge in [0, 0.05) is 17.3 Å². The fraction of sp³-hybridized carbons (Fsp3) is 0.938. The Morgan fingerprint density at radius 2 is 0.579 bits per heavy atom. The van der Waals surface area contributed by atoms with Crippen molar-refractivity contribution < 1.29 is 28.6 Å². The van der Waals surface area contributed by atoms with E-state index in [0.717, 1.165) is 28.8 Å². The minimum absolute atomic E-state index is 0.0831. The van der Waals surface area contributed by atoms with Crippen molar-refractivity contribution in [1.82, 2.24) is 0 Å². The summed E-state index contributed by atoms with van der Waals surface area (Å²) in [6, 6.07) is 0. The lowest BCUT2D eigenvalue weighted by Gasteiger charge is -2.18. The van der Waals surface area contributed by atoms with E-state index < -0.39 is 6.10 Å². The van der Waals surface area contributed by atoms with Crippen LogP contribution in [0.5, 0.6) is 0 Å². The van der Waals surface area contributed by atoms with E-state index in [9.17, 15) is 14.4 Å². The van der Waals surface area contributed by atoms with Crippen LogP contribution in [0.2, 0.25) is 0 Å². The summed E-state index contributed by atoms with van der Waals surface area (Å²) in [6.45, 7) is 6.62. The molecular formula is C48H92O6S3. The van der Waals surface area contributed by atoms with Crippen LogP contribution < -0.4 is 0 Å². The molecule has 0 aliphatic carbocycles. The predicted molar refractivity (Wildman–Crippen MR) is 253 cm³/mol. The third-order valence-electron chi connectivity index (χ3n) is 10.4. The molecule has 0 saturated heterocycles. The van der Waals surface area contributed by atoms with Gasteiger partial charge in [-0.25, -0.2) is 0 Å². The molecule has 0 aliphatic rings. The first-order valence-corrected chi connectivity index (χ1v) is 27.7. The molecule has 0 unspecified atom stereocenters. The number of carbonyl (C=O) groups excluding carboxylic acids is 3. The normalized spacial score (nSPS) is 11.4. The number of hydrogen-bond acceptors (Lipinski definition) is 9. The largest absolute Gasteiger partial charge is 0.462 e. The molecule has 0 aromatic rings. The Balaban J connectivity index is 4.31. The molecule has 0 spiro atoms. The van der Waals surface area contributed by atoms with Crippen LogP contribution >= 0.6 is 35.3 Å². The average Bonchev–Trinajstić information content (AvgIpc) is 3.21. The highest BCUT2D eigenvalue weighted by Crippen LogP contribution is 2.16. The van der Waals surface area contributed by atoms with Crippen molar-refractivity contribution in [2.75, 3.05) is 47.7 Å². The maximum atomic E-state index is 12.7. The topological polar surface area (TPSA) is 78.9 Å². The van der Waals surface area contributed by atoms with E-state index in [2.05, 4.69) is 20.8 Å². The molecule has 0 fully saturated rings. The summed E-state index contributed by atoms with van der Waals surface area (Å²) in [7, 11) is 0. The molecule has 0 aliphatic heterocycles. The molecular weight excluding hydrogens is 769 g/mol. The first-order chi connectivity index (χ1) is 28.0. The van der Waals surface area contributed by atoms with Gasteiger partial charge in [0.2, 0.25) is 0 Å². The monoisotopic (exact) mass is 861 g/mol. The Kier molecular flexibility index (Phi) is 47.7. The average molecular weight is 861 g/mol. The Hall–Kier alpha value is -0.540. The Morgan fingerprint density at radius 1 is 0.333 bits per heavy atom. The lowest BCUT2D eigenvalue weighted by molar-refractivity contribution is -0.166. The number of thioether (sulfide) groups is 3. The summed E-state index contributed by atoms with van der Waals surface area (Å²) in [4.78, 5) is 37.8. The molecule has 57 heavy (non-hydrogen) atoms. The zero-order valence-electron chi connectivity index (χ0n) is 37.7. The maximum Gasteiger partial charge on any atom is 0.307 e. The Morgan fingerprint density at radius 3 is 0.860 bits per heavy atom. The standard InChI is InChI=1S/C48H92O6S3/c1-4-7-10-13-16-19-22-25-28-31-37-55-40-34-46(49)52-43-45(54-48(51)36-42-57-39-33-30-27-24-21-18-15-12-9-6-3)44-53-47(50)35-41-56-38-32-29-26-23-20-17-14-11-8-5-2/h45H,4-44H2,1-3H3. The molecule has 6 nitrogen and oxygen atoms in total. The lowest BCUT2D eigenvalue weighted by Crippen LogP contribution is -2.31. The van der Waals surface area contributed by atoms with Crippen molar-refractivity contribution >= 4 is 53.2 Å². The van der Waals surface area contributed by atoms with Crippen LogP contribution in [0.25, 0.3) is 0 Å². The molecule has 0 N–H and O–H groups in total. The van der Waals surface area contributed by atoms with Crippen LogP contribution in [0.3, 0.4) is 0 Å². The maximum absolute atomic E-state index is 12.7. The van der Waals surface area contributed by atoms with Crippen molar-refractivity contribution in [3.05, 3.63) is 0 Å². The SMILES string of the molecule is CCCCCCCCCCCCSCCC(=O)OCC(COC(=O)CCSCCCCCCCCCCCC)OC(=O)CCSCCCCCCCCCCCC. The van der Waals surface area contributed by atoms with Gasteiger partial charge in [-0.2, -0.15) is 35.3 Å². The third kappa shape index (κ3) is 46.4. The highest BCUT2D eigenvalue weighted by molar-refractivity contribution is 7.99. The highest BCUT2D eigenvalue weighted by atomic mass is 32.2. The summed E-state index contributed by atoms with van der Waals surface area (Å²) >= 11 is 5.39. The highest BCUT2D eigenvalue weighted by Gasteiger charge is 2.19. The molecule has 0 heterocycles. The van der Waals surface area contributed by atoms with Crippen molar-refractivity contribution in [3.63, 3.8) is 0 Å². The van der Waals surface area contributed by atoms with Gasteiger partial charge in [0.1, 0.15) is 13.2 Å². The van der Waals surface area contributed by atoms with Gasteiger partial charge in [-0.15, -0.1) is 0 Å². The molecule has 0 amide bonds. The summed E-state index contributed by atoms with van der Waals surface area (Å²) < 4.78 is 16.7. The van der Waals surface area contributed by atoms with Gasteiger partial charge >= 0.3 is 17.9 Å². The molecule has 9 heteroatoms. The van der Waals surface area contributed by atoms with Crippen LogP contribution in [0.15, 0.2) is 0 Å². The van der Waals surface area contributed by atoms with Crippen molar-refractivity contribution in [2.45, 2.75) is 239 Å².